The second-order valence-electron chi connectivity index (χ2n) is 13.8. The lowest BCUT2D eigenvalue weighted by atomic mass is 9.90. The number of fused-ring (bicyclic) bond motifs is 5. The molecular weight excluding hydrogens is 673 g/mol. The third kappa shape index (κ3) is 6.21. The van der Waals surface area contributed by atoms with Crippen molar-refractivity contribution in [1.82, 2.24) is 0 Å². The second kappa shape index (κ2) is 14.2. The van der Waals surface area contributed by atoms with E-state index >= 15 is 0 Å². The normalized spacial score (nSPS) is 15.1. The Morgan fingerprint density at radius 3 is 2.20 bits per heavy atom. The summed E-state index contributed by atoms with van der Waals surface area (Å²) in [5.41, 5.74) is 9.42. The zero-order valence-corrected chi connectivity index (χ0v) is 30.8. The van der Waals surface area contributed by atoms with E-state index < -0.39 is 0 Å². The Balaban J connectivity index is 1.18. The summed E-state index contributed by atoms with van der Waals surface area (Å²) < 4.78 is 8.98. The Morgan fingerprint density at radius 1 is 0.648 bits per heavy atom. The summed E-state index contributed by atoms with van der Waals surface area (Å²) in [7, 11) is 0. The van der Waals surface area contributed by atoms with Crippen molar-refractivity contribution >= 4 is 71.9 Å². The molecule has 0 N–H and O–H groups in total. The van der Waals surface area contributed by atoms with E-state index in [1.165, 1.54) is 31.0 Å². The fourth-order valence-electron chi connectivity index (χ4n) is 7.55. The lowest BCUT2D eigenvalue weighted by molar-refractivity contribution is 0.631. The van der Waals surface area contributed by atoms with Crippen molar-refractivity contribution in [1.29, 1.82) is 0 Å². The van der Waals surface area contributed by atoms with Gasteiger partial charge in [-0.25, -0.2) is 0 Å². The number of benzene rings is 6. The van der Waals surface area contributed by atoms with Gasteiger partial charge in [-0.05, 0) is 109 Å². The van der Waals surface area contributed by atoms with Gasteiger partial charge in [-0.15, -0.1) is 11.3 Å². The first-order chi connectivity index (χ1) is 26.5. The Labute approximate surface area is 319 Å². The fourth-order valence-corrected chi connectivity index (χ4v) is 8.67. The van der Waals surface area contributed by atoms with Crippen LogP contribution in [0.15, 0.2) is 187 Å². The van der Waals surface area contributed by atoms with Crippen LogP contribution < -0.4 is 20.9 Å². The Hall–Kier alpha value is -6.48. The summed E-state index contributed by atoms with van der Waals surface area (Å²) in [6.07, 6.45) is 13.1. The van der Waals surface area contributed by atoms with E-state index in [9.17, 15) is 0 Å². The number of thiophene rings is 1. The average molecular weight is 711 g/mol. The number of allylic oxidation sites excluding steroid dienone is 5. The van der Waals surface area contributed by atoms with Crippen LogP contribution in [0.5, 0.6) is 0 Å². The molecule has 8 aromatic rings. The monoisotopic (exact) mass is 710 g/mol. The maximum atomic E-state index is 6.48. The summed E-state index contributed by atoms with van der Waals surface area (Å²) >= 11 is 1.82. The van der Waals surface area contributed by atoms with Gasteiger partial charge in [0.05, 0.1) is 0 Å². The molecule has 0 unspecified atom stereocenters. The van der Waals surface area contributed by atoms with Gasteiger partial charge in [-0.3, -0.25) is 0 Å². The zero-order valence-electron chi connectivity index (χ0n) is 30.0. The first-order valence-corrected chi connectivity index (χ1v) is 19.2. The fraction of sp³-hybridized carbons (Fsp3) is 0.0385. The molecule has 0 amide bonds. The number of hydrogen-bond acceptors (Lipinski definition) is 2. The van der Waals surface area contributed by atoms with Crippen molar-refractivity contribution in [3.05, 3.63) is 220 Å². The van der Waals surface area contributed by atoms with Crippen molar-refractivity contribution in [2.75, 3.05) is 0 Å². The molecule has 2 heterocycles. The van der Waals surface area contributed by atoms with E-state index in [2.05, 4.69) is 153 Å². The van der Waals surface area contributed by atoms with Crippen molar-refractivity contribution in [2.45, 2.75) is 12.8 Å². The van der Waals surface area contributed by atoms with Crippen LogP contribution in [0.3, 0.4) is 0 Å². The minimum absolute atomic E-state index is 0.848. The molecule has 1 aliphatic rings. The van der Waals surface area contributed by atoms with Gasteiger partial charge in [-0.1, -0.05) is 153 Å². The number of rotatable bonds is 6. The highest BCUT2D eigenvalue weighted by Gasteiger charge is 2.18. The van der Waals surface area contributed by atoms with Crippen LogP contribution in [0.25, 0.3) is 71.8 Å². The van der Waals surface area contributed by atoms with Crippen molar-refractivity contribution in [2.24, 2.45) is 0 Å². The first-order valence-electron chi connectivity index (χ1n) is 18.4. The smallest absolute Gasteiger partial charge is 0.136 e. The van der Waals surface area contributed by atoms with E-state index in [1.54, 1.807) is 0 Å². The highest BCUT2D eigenvalue weighted by molar-refractivity contribution is 7.25. The Bertz CT molecular complexity index is 3060. The van der Waals surface area contributed by atoms with Crippen LogP contribution in [-0.4, -0.2) is 0 Å². The Kier molecular flexibility index (Phi) is 8.75. The lowest BCUT2D eigenvalue weighted by Crippen LogP contribution is -2.29. The molecule has 0 saturated carbocycles. The van der Waals surface area contributed by atoms with E-state index in [-0.39, 0.29) is 0 Å². The maximum absolute atomic E-state index is 6.48. The minimum Gasteiger partial charge on any atom is -0.456 e. The molecule has 1 aliphatic carbocycles. The number of hydrogen-bond donors (Lipinski definition) is 0. The third-order valence-corrected chi connectivity index (χ3v) is 11.5. The lowest BCUT2D eigenvalue weighted by Gasteiger charge is -2.14. The Morgan fingerprint density at radius 2 is 1.37 bits per heavy atom. The molecule has 54 heavy (non-hydrogen) atoms. The van der Waals surface area contributed by atoms with E-state index in [0.717, 1.165) is 84.2 Å². The second-order valence-corrected chi connectivity index (χ2v) is 14.9. The molecule has 2 aromatic heterocycles. The third-order valence-electron chi connectivity index (χ3n) is 10.4. The van der Waals surface area contributed by atoms with Crippen molar-refractivity contribution in [3.8, 4) is 11.3 Å². The molecule has 2 heteroatoms. The van der Waals surface area contributed by atoms with Crippen molar-refractivity contribution in [3.63, 3.8) is 0 Å². The van der Waals surface area contributed by atoms with Gasteiger partial charge in [0.25, 0.3) is 0 Å². The van der Waals surface area contributed by atoms with Gasteiger partial charge < -0.3 is 4.42 Å². The molecule has 258 valence electrons. The van der Waals surface area contributed by atoms with Gasteiger partial charge in [0.1, 0.15) is 11.3 Å². The molecule has 0 bridgehead atoms. The van der Waals surface area contributed by atoms with E-state index in [4.69, 9.17) is 11.0 Å². The van der Waals surface area contributed by atoms with Crippen LogP contribution >= 0.6 is 11.3 Å². The molecule has 0 atom stereocenters. The summed E-state index contributed by atoms with van der Waals surface area (Å²) in [6, 6.07) is 49.3. The van der Waals surface area contributed by atoms with Crippen LogP contribution in [0, 0.1) is 0 Å². The maximum Gasteiger partial charge on any atom is 0.136 e. The molecule has 0 fully saturated rings. The zero-order chi connectivity index (χ0) is 36.6. The first kappa shape index (κ1) is 33.4. The largest absolute Gasteiger partial charge is 0.456 e. The standard InChI is InChI=1S/C52H38OS/c1-34-16-8-9-17-39(34)30-35(2)41-19-6-4-5-7-20-42(44-22-12-11-21-43(41)44)38-28-26-37(27-29-38)36(3)46-32-48-45-23-13-15-25-51(45)54-52(48)33-47(46)50-31-40-18-10-14-24-49(40)53-50/h6-33H,1-5H2/b19-6+,20-7?,39-30-,43-41+,44-42?. The van der Waals surface area contributed by atoms with Gasteiger partial charge in [0.2, 0.25) is 0 Å². The molecule has 6 aromatic carbocycles. The van der Waals surface area contributed by atoms with Gasteiger partial charge in [0.15, 0.2) is 0 Å². The minimum atomic E-state index is 0.848. The van der Waals surface area contributed by atoms with Crippen LogP contribution in [0.2, 0.25) is 0 Å². The summed E-state index contributed by atoms with van der Waals surface area (Å²) in [5.74, 6) is 0.848. The van der Waals surface area contributed by atoms with Crippen LogP contribution in [0.4, 0.5) is 0 Å². The SMILES string of the molecule is C=C(/C=c1/ccccc1=C)C1=c2\ccccc2=C(c2ccc(C(=C)c3cc4c(cc3-c3cc5ccccc5o3)sc3ccccc34)cc2)C=CCC\C=C\1. The highest BCUT2D eigenvalue weighted by atomic mass is 32.1. The molecule has 0 saturated heterocycles. The highest BCUT2D eigenvalue weighted by Crippen LogP contribution is 2.42. The molecule has 0 aliphatic heterocycles. The van der Waals surface area contributed by atoms with E-state index in [0.29, 0.717) is 0 Å². The quantitative estimate of drug-likeness (QED) is 0.167. The molecule has 0 spiro atoms. The number of furan rings is 1. The average Bonchev–Trinajstić information content (AvgIpc) is 3.81. The van der Waals surface area contributed by atoms with Gasteiger partial charge in [-0.2, -0.15) is 0 Å². The molecule has 9 rings (SSSR count). The summed E-state index contributed by atoms with van der Waals surface area (Å²) in [4.78, 5) is 0. The summed E-state index contributed by atoms with van der Waals surface area (Å²) in [5, 5.41) is 7.97. The van der Waals surface area contributed by atoms with Crippen LogP contribution in [-0.2, 0) is 0 Å². The molecule has 1 nitrogen and oxygen atoms in total. The number of para-hydroxylation sites is 1. The van der Waals surface area contributed by atoms with Gasteiger partial charge >= 0.3 is 0 Å². The predicted octanol–water partition coefficient (Wildman–Crippen LogP) is 11.2. The molecular formula is C52H38OS. The van der Waals surface area contributed by atoms with Crippen molar-refractivity contribution < 1.29 is 4.42 Å². The van der Waals surface area contributed by atoms with Gasteiger partial charge in [0, 0.05) is 31.1 Å². The predicted molar refractivity (Wildman–Crippen MR) is 233 cm³/mol. The summed E-state index contributed by atoms with van der Waals surface area (Å²) in [6.45, 7) is 13.5. The topological polar surface area (TPSA) is 13.1 Å². The van der Waals surface area contributed by atoms with E-state index in [1.807, 2.05) is 41.7 Å². The van der Waals surface area contributed by atoms with Crippen LogP contribution in [0.1, 0.15) is 29.5 Å². The molecule has 0 radical (unpaired) electrons.